The number of carbonyl (C=O) groups is 1. The maximum Gasteiger partial charge on any atom is 0.253 e. The van der Waals surface area contributed by atoms with E-state index in [4.69, 9.17) is 4.52 Å². The summed E-state index contributed by atoms with van der Waals surface area (Å²) in [5.41, 5.74) is 2.13. The Kier molecular flexibility index (Phi) is 3.64. The van der Waals surface area contributed by atoms with Gasteiger partial charge in [0.1, 0.15) is 11.6 Å². The summed E-state index contributed by atoms with van der Waals surface area (Å²) in [6, 6.07) is 5.50. The molecular formula is C14H15FN2O2. The molecule has 0 unspecified atom stereocenters. The molecule has 0 saturated carbocycles. The van der Waals surface area contributed by atoms with E-state index in [1.54, 1.807) is 11.9 Å². The summed E-state index contributed by atoms with van der Waals surface area (Å²) >= 11 is 0. The molecule has 0 atom stereocenters. The van der Waals surface area contributed by atoms with Crippen LogP contribution in [0.15, 0.2) is 28.8 Å². The molecule has 4 nitrogen and oxygen atoms in total. The number of aryl methyl sites for hydroxylation is 2. The van der Waals surface area contributed by atoms with E-state index in [0.29, 0.717) is 17.9 Å². The highest BCUT2D eigenvalue weighted by atomic mass is 19.1. The third-order valence-electron chi connectivity index (χ3n) is 3.01. The van der Waals surface area contributed by atoms with Crippen molar-refractivity contribution in [2.45, 2.75) is 20.4 Å². The smallest absolute Gasteiger partial charge is 0.253 e. The molecule has 1 amide bonds. The minimum Gasteiger partial charge on any atom is -0.361 e. The van der Waals surface area contributed by atoms with Crippen molar-refractivity contribution in [3.63, 3.8) is 0 Å². The van der Waals surface area contributed by atoms with Crippen LogP contribution in [0.3, 0.4) is 0 Å². The van der Waals surface area contributed by atoms with Crippen molar-refractivity contribution < 1.29 is 13.7 Å². The summed E-state index contributed by atoms with van der Waals surface area (Å²) in [7, 11) is 1.69. The summed E-state index contributed by atoms with van der Waals surface area (Å²) in [6.45, 7) is 4.06. The Balaban J connectivity index is 2.14. The Labute approximate surface area is 110 Å². The fraction of sp³-hybridized carbons (Fsp3) is 0.286. The van der Waals surface area contributed by atoms with Gasteiger partial charge in [0.15, 0.2) is 0 Å². The van der Waals surface area contributed by atoms with Gasteiger partial charge in [0.2, 0.25) is 0 Å². The first kappa shape index (κ1) is 13.3. The van der Waals surface area contributed by atoms with Gasteiger partial charge in [0, 0.05) is 18.2 Å². The number of hydrogen-bond donors (Lipinski definition) is 0. The zero-order valence-electron chi connectivity index (χ0n) is 11.1. The van der Waals surface area contributed by atoms with Gasteiger partial charge in [-0.15, -0.1) is 0 Å². The van der Waals surface area contributed by atoms with Gasteiger partial charge < -0.3 is 9.42 Å². The number of amides is 1. The predicted octanol–water partition coefficient (Wildman–Crippen LogP) is 2.70. The van der Waals surface area contributed by atoms with Crippen LogP contribution in [0.2, 0.25) is 0 Å². The van der Waals surface area contributed by atoms with Gasteiger partial charge in [-0.1, -0.05) is 5.16 Å². The van der Waals surface area contributed by atoms with Crippen LogP contribution >= 0.6 is 0 Å². The molecule has 1 heterocycles. The van der Waals surface area contributed by atoms with Crippen LogP contribution in [0.4, 0.5) is 4.39 Å². The van der Waals surface area contributed by atoms with Gasteiger partial charge in [-0.2, -0.15) is 0 Å². The van der Waals surface area contributed by atoms with Crippen LogP contribution in [0.25, 0.3) is 0 Å². The number of benzene rings is 1. The van der Waals surface area contributed by atoms with Crippen molar-refractivity contribution >= 4 is 5.91 Å². The quantitative estimate of drug-likeness (QED) is 0.854. The molecule has 0 spiro atoms. The van der Waals surface area contributed by atoms with Crippen molar-refractivity contribution in [3.05, 3.63) is 52.7 Å². The fourth-order valence-electron chi connectivity index (χ4n) is 1.85. The van der Waals surface area contributed by atoms with Gasteiger partial charge in [-0.25, -0.2) is 4.39 Å². The summed E-state index contributed by atoms with van der Waals surface area (Å²) in [4.78, 5) is 13.7. The standard InChI is InChI=1S/C14H15FN2O2/c1-9-13(10(2)19-16-9)8-17(3)14(18)11-4-6-12(15)7-5-11/h4-7H,8H2,1-3H3. The molecule has 1 aromatic heterocycles. The van der Waals surface area contributed by atoms with E-state index < -0.39 is 0 Å². The number of halogens is 1. The fourth-order valence-corrected chi connectivity index (χ4v) is 1.85. The van der Waals surface area contributed by atoms with E-state index in [-0.39, 0.29) is 11.7 Å². The highest BCUT2D eigenvalue weighted by Crippen LogP contribution is 2.15. The van der Waals surface area contributed by atoms with Crippen molar-refractivity contribution in [2.24, 2.45) is 0 Å². The lowest BCUT2D eigenvalue weighted by molar-refractivity contribution is 0.0784. The highest BCUT2D eigenvalue weighted by molar-refractivity contribution is 5.93. The maximum atomic E-state index is 12.8. The molecule has 2 rings (SSSR count). The van der Waals surface area contributed by atoms with Gasteiger partial charge in [0.25, 0.3) is 5.91 Å². The van der Waals surface area contributed by atoms with Gasteiger partial charge in [-0.3, -0.25) is 4.79 Å². The molecule has 0 saturated heterocycles. The molecule has 100 valence electrons. The van der Waals surface area contributed by atoms with Crippen LogP contribution in [0.5, 0.6) is 0 Å². The lowest BCUT2D eigenvalue weighted by Gasteiger charge is -2.17. The molecule has 0 fully saturated rings. The lowest BCUT2D eigenvalue weighted by Crippen LogP contribution is -2.26. The predicted molar refractivity (Wildman–Crippen MR) is 68.2 cm³/mol. The topological polar surface area (TPSA) is 46.3 Å². The zero-order chi connectivity index (χ0) is 14.0. The molecule has 0 radical (unpaired) electrons. The number of hydrogen-bond acceptors (Lipinski definition) is 3. The summed E-state index contributed by atoms with van der Waals surface area (Å²) in [5.74, 6) is 0.182. The minimum atomic E-state index is -0.357. The van der Waals surface area contributed by atoms with E-state index in [9.17, 15) is 9.18 Å². The Morgan fingerprint density at radius 3 is 2.47 bits per heavy atom. The first-order valence-electron chi connectivity index (χ1n) is 5.92. The van der Waals surface area contributed by atoms with Gasteiger partial charge in [0.05, 0.1) is 12.2 Å². The van der Waals surface area contributed by atoms with Crippen LogP contribution in [-0.2, 0) is 6.54 Å². The Bertz CT molecular complexity index is 570. The first-order valence-corrected chi connectivity index (χ1v) is 5.92. The maximum absolute atomic E-state index is 12.8. The van der Waals surface area contributed by atoms with Crippen LogP contribution in [0, 0.1) is 19.7 Å². The van der Waals surface area contributed by atoms with Crippen LogP contribution in [-0.4, -0.2) is 23.0 Å². The van der Waals surface area contributed by atoms with E-state index >= 15 is 0 Å². The molecular weight excluding hydrogens is 247 g/mol. The number of aromatic nitrogens is 1. The molecule has 1 aromatic carbocycles. The van der Waals surface area contributed by atoms with Gasteiger partial charge in [-0.05, 0) is 38.1 Å². The van der Waals surface area contributed by atoms with Crippen molar-refractivity contribution in [1.29, 1.82) is 0 Å². The third-order valence-corrected chi connectivity index (χ3v) is 3.01. The average Bonchev–Trinajstić information content (AvgIpc) is 2.70. The summed E-state index contributed by atoms with van der Waals surface area (Å²) in [5, 5.41) is 3.85. The first-order chi connectivity index (χ1) is 8.99. The van der Waals surface area contributed by atoms with Crippen molar-refractivity contribution in [1.82, 2.24) is 10.1 Å². The number of rotatable bonds is 3. The molecule has 5 heteroatoms. The largest absolute Gasteiger partial charge is 0.361 e. The molecule has 0 aliphatic heterocycles. The number of nitrogens with zero attached hydrogens (tertiary/aromatic N) is 2. The summed E-state index contributed by atoms with van der Waals surface area (Å²) in [6.07, 6.45) is 0. The Morgan fingerprint density at radius 1 is 1.32 bits per heavy atom. The SMILES string of the molecule is Cc1noc(C)c1CN(C)C(=O)c1ccc(F)cc1. The lowest BCUT2D eigenvalue weighted by atomic mass is 10.1. The summed E-state index contributed by atoms with van der Waals surface area (Å²) < 4.78 is 17.9. The zero-order valence-corrected chi connectivity index (χ0v) is 11.1. The second-order valence-electron chi connectivity index (χ2n) is 4.47. The van der Waals surface area contributed by atoms with E-state index in [1.807, 2.05) is 13.8 Å². The van der Waals surface area contributed by atoms with E-state index in [0.717, 1.165) is 11.3 Å². The molecule has 2 aromatic rings. The van der Waals surface area contributed by atoms with Crippen molar-refractivity contribution in [3.8, 4) is 0 Å². The third kappa shape index (κ3) is 2.81. The molecule has 0 aliphatic rings. The second-order valence-corrected chi connectivity index (χ2v) is 4.47. The molecule has 0 N–H and O–H groups in total. The highest BCUT2D eigenvalue weighted by Gasteiger charge is 2.16. The van der Waals surface area contributed by atoms with Crippen LogP contribution in [0.1, 0.15) is 27.4 Å². The number of carbonyl (C=O) groups excluding carboxylic acids is 1. The monoisotopic (exact) mass is 262 g/mol. The Morgan fingerprint density at radius 2 is 1.95 bits per heavy atom. The van der Waals surface area contributed by atoms with Gasteiger partial charge >= 0.3 is 0 Å². The van der Waals surface area contributed by atoms with E-state index in [1.165, 1.54) is 24.3 Å². The van der Waals surface area contributed by atoms with Crippen molar-refractivity contribution in [2.75, 3.05) is 7.05 Å². The Hall–Kier alpha value is -2.17. The van der Waals surface area contributed by atoms with Crippen LogP contribution < -0.4 is 0 Å². The normalized spacial score (nSPS) is 10.5. The minimum absolute atomic E-state index is 0.167. The average molecular weight is 262 g/mol. The second kappa shape index (κ2) is 5.22. The molecule has 0 bridgehead atoms. The molecule has 19 heavy (non-hydrogen) atoms. The van der Waals surface area contributed by atoms with E-state index in [2.05, 4.69) is 5.16 Å². The molecule has 0 aliphatic carbocycles.